The summed E-state index contributed by atoms with van der Waals surface area (Å²) in [7, 11) is 5.60. The lowest BCUT2D eigenvalue weighted by atomic mass is 9.80. The lowest BCUT2D eigenvalue weighted by molar-refractivity contribution is 0.655. The van der Waals surface area contributed by atoms with E-state index < -0.39 is 5.79 Å². The van der Waals surface area contributed by atoms with Gasteiger partial charge in [0.25, 0.3) is 0 Å². The van der Waals surface area contributed by atoms with E-state index >= 15 is 0 Å². The first kappa shape index (κ1) is 6.19. The molecule has 0 unspecified atom stereocenters. The predicted octanol–water partition coefficient (Wildman–Crippen LogP) is 2.54. The summed E-state index contributed by atoms with van der Waals surface area (Å²) in [5.41, 5.74) is 0. The minimum Gasteiger partial charge on any atom is -0.0774 e. The molecule has 0 saturated heterocycles. The van der Waals surface area contributed by atoms with Crippen molar-refractivity contribution >= 4 is 7.85 Å². The molecular weight excluding hydrogens is 94.9 g/mol. The Kier molecular flexibility index (Phi) is 4.03. The van der Waals surface area contributed by atoms with Crippen molar-refractivity contribution in [1.29, 1.82) is 0 Å². The van der Waals surface area contributed by atoms with Crippen molar-refractivity contribution in [3.8, 4) is 0 Å². The zero-order chi connectivity index (χ0) is 7.33. The van der Waals surface area contributed by atoms with Crippen molar-refractivity contribution in [2.45, 2.75) is 45.3 Å². The van der Waals surface area contributed by atoms with Crippen LogP contribution in [0.25, 0.3) is 0 Å². The second kappa shape index (κ2) is 5.21. The molecular formula is C7H15B. The molecule has 0 aliphatic rings. The van der Waals surface area contributed by atoms with Crippen molar-refractivity contribution in [3.63, 3.8) is 0 Å². The largest absolute Gasteiger partial charge is 0.0774 e. The van der Waals surface area contributed by atoms with Crippen LogP contribution < -0.4 is 0 Å². The molecule has 0 rings (SSSR count). The average Bonchev–Trinajstić information content (AvgIpc) is 1.64. The predicted molar refractivity (Wildman–Crippen MR) is 39.3 cm³/mol. The number of hydrogen-bond donors (Lipinski definition) is 0. The van der Waals surface area contributed by atoms with Crippen LogP contribution in [0.2, 0.25) is 5.79 Å². The average molecular weight is 112 g/mol. The van der Waals surface area contributed by atoms with E-state index in [4.69, 9.17) is 9.22 Å². The van der Waals surface area contributed by atoms with Crippen LogP contribution in [-0.4, -0.2) is 7.85 Å². The summed E-state index contributed by atoms with van der Waals surface area (Å²) in [5.74, 6) is -0.649. The van der Waals surface area contributed by atoms with E-state index in [1.165, 1.54) is 0 Å². The maximum absolute atomic E-state index is 7.50. The highest BCUT2D eigenvalue weighted by molar-refractivity contribution is 6.11. The Hall–Kier alpha value is 0.0649. The Morgan fingerprint density at radius 1 is 1.38 bits per heavy atom. The maximum atomic E-state index is 7.50. The monoisotopic (exact) mass is 112 g/mol. The van der Waals surface area contributed by atoms with Gasteiger partial charge in [-0.2, -0.15) is 0 Å². The standard InChI is InChI=1S/C7H15B/c1-3-5-7(8)6-4-2/h7H,3-6H2,1-2H3/i7T. The molecule has 0 aliphatic heterocycles. The molecule has 1 heteroatoms. The van der Waals surface area contributed by atoms with Gasteiger partial charge in [-0.1, -0.05) is 45.3 Å². The second-order valence-corrected chi connectivity index (χ2v) is 2.16. The van der Waals surface area contributed by atoms with Crippen LogP contribution in [0.4, 0.5) is 0 Å². The summed E-state index contributed by atoms with van der Waals surface area (Å²) < 4.78 is 7.50. The van der Waals surface area contributed by atoms with Crippen LogP contribution in [0, 0.1) is 0 Å². The summed E-state index contributed by atoms with van der Waals surface area (Å²) in [6, 6.07) is 0. The highest BCUT2D eigenvalue weighted by Crippen LogP contribution is 2.14. The van der Waals surface area contributed by atoms with Gasteiger partial charge >= 0.3 is 0 Å². The summed E-state index contributed by atoms with van der Waals surface area (Å²) in [5, 5.41) is 0. The number of hydrogen-bond acceptors (Lipinski definition) is 0. The minimum absolute atomic E-state index is 0.649. The third-order valence-corrected chi connectivity index (χ3v) is 1.14. The lowest BCUT2D eigenvalue weighted by Crippen LogP contribution is -1.89. The van der Waals surface area contributed by atoms with Gasteiger partial charge in [-0.25, -0.2) is 0 Å². The van der Waals surface area contributed by atoms with Gasteiger partial charge in [0.2, 0.25) is 0 Å². The fraction of sp³-hybridized carbons (Fsp3) is 1.00. The SMILES string of the molecule is [3H]C([B])(CCC)CCC. The van der Waals surface area contributed by atoms with Gasteiger partial charge in [-0.3, -0.25) is 0 Å². The molecule has 0 atom stereocenters. The molecule has 0 bridgehead atoms. The molecule has 0 heterocycles. The highest BCUT2D eigenvalue weighted by atomic mass is 14.0. The maximum Gasteiger partial charge on any atom is 0.0699 e. The summed E-state index contributed by atoms with van der Waals surface area (Å²) in [6.45, 7) is 4.12. The van der Waals surface area contributed by atoms with Gasteiger partial charge in [0.1, 0.15) is 0 Å². The number of rotatable bonds is 4. The normalized spacial score (nSPS) is 13.5. The first-order valence-electron chi connectivity index (χ1n) is 3.91. The van der Waals surface area contributed by atoms with E-state index in [2.05, 4.69) is 13.8 Å². The Bertz CT molecular complexity index is 63.3. The van der Waals surface area contributed by atoms with Crippen molar-refractivity contribution in [2.24, 2.45) is 0 Å². The van der Waals surface area contributed by atoms with E-state index in [0.717, 1.165) is 25.7 Å². The molecule has 0 aromatic rings. The molecule has 0 aromatic carbocycles. The van der Waals surface area contributed by atoms with E-state index in [9.17, 15) is 0 Å². The fourth-order valence-electron chi connectivity index (χ4n) is 0.767. The van der Waals surface area contributed by atoms with Gasteiger partial charge in [0.05, 0.1) is 7.85 Å². The van der Waals surface area contributed by atoms with Crippen LogP contribution in [-0.2, 0) is 0 Å². The molecule has 0 fully saturated rings. The first-order valence-corrected chi connectivity index (χ1v) is 3.41. The summed E-state index contributed by atoms with van der Waals surface area (Å²) >= 11 is 0. The van der Waals surface area contributed by atoms with Crippen LogP contribution >= 0.6 is 0 Å². The van der Waals surface area contributed by atoms with Crippen molar-refractivity contribution in [1.82, 2.24) is 0 Å². The Balaban J connectivity index is 3.43. The Morgan fingerprint density at radius 3 is 2.00 bits per heavy atom. The molecule has 0 nitrogen and oxygen atoms in total. The van der Waals surface area contributed by atoms with E-state index in [1.54, 1.807) is 0 Å². The second-order valence-electron chi connectivity index (χ2n) is 2.16. The van der Waals surface area contributed by atoms with Gasteiger partial charge in [-0.05, 0) is 0 Å². The Morgan fingerprint density at radius 2 is 1.75 bits per heavy atom. The Labute approximate surface area is 55.5 Å². The van der Waals surface area contributed by atoms with Crippen LogP contribution in [0.3, 0.4) is 0 Å². The van der Waals surface area contributed by atoms with Gasteiger partial charge in [0, 0.05) is 1.37 Å². The zero-order valence-electron chi connectivity index (χ0n) is 6.91. The molecule has 0 aromatic heterocycles. The molecule has 46 valence electrons. The van der Waals surface area contributed by atoms with Gasteiger partial charge < -0.3 is 0 Å². The zero-order valence-corrected chi connectivity index (χ0v) is 5.91. The van der Waals surface area contributed by atoms with E-state index in [1.807, 2.05) is 0 Å². The summed E-state index contributed by atoms with van der Waals surface area (Å²) in [6.07, 6.45) is 3.67. The third kappa shape index (κ3) is 4.23. The van der Waals surface area contributed by atoms with E-state index in [0.29, 0.717) is 0 Å². The fourth-order valence-corrected chi connectivity index (χ4v) is 0.767. The van der Waals surface area contributed by atoms with Crippen molar-refractivity contribution in [2.75, 3.05) is 0 Å². The van der Waals surface area contributed by atoms with Crippen LogP contribution in [0.15, 0.2) is 0 Å². The lowest BCUT2D eigenvalue weighted by Gasteiger charge is -2.05. The molecule has 0 N–H and O–H groups in total. The van der Waals surface area contributed by atoms with Gasteiger partial charge in [-0.15, -0.1) is 0 Å². The topological polar surface area (TPSA) is 0 Å². The molecule has 2 radical (unpaired) electrons. The molecule has 0 amide bonds. The minimum atomic E-state index is -0.649. The quantitative estimate of drug-likeness (QED) is 0.490. The van der Waals surface area contributed by atoms with Crippen LogP contribution in [0.5, 0.6) is 0 Å². The van der Waals surface area contributed by atoms with Crippen LogP contribution in [0.1, 0.15) is 40.9 Å². The van der Waals surface area contributed by atoms with Crippen molar-refractivity contribution in [3.05, 3.63) is 0 Å². The smallest absolute Gasteiger partial charge is 0.0699 e. The molecule has 0 spiro atoms. The van der Waals surface area contributed by atoms with E-state index in [-0.39, 0.29) is 0 Å². The summed E-state index contributed by atoms with van der Waals surface area (Å²) in [4.78, 5) is 0. The third-order valence-electron chi connectivity index (χ3n) is 1.14. The highest BCUT2D eigenvalue weighted by Gasteiger charge is 1.95. The molecule has 8 heavy (non-hydrogen) atoms. The molecule has 0 aliphatic carbocycles. The first-order chi connectivity index (χ1) is 4.12. The van der Waals surface area contributed by atoms with Gasteiger partial charge in [0.15, 0.2) is 0 Å². The molecule has 0 saturated carbocycles. The van der Waals surface area contributed by atoms with Crippen molar-refractivity contribution < 1.29 is 1.37 Å².